The minimum absolute atomic E-state index is 0.119. The van der Waals surface area contributed by atoms with E-state index in [0.29, 0.717) is 18.1 Å². The molecule has 0 spiro atoms. The molecule has 0 radical (unpaired) electrons. The molecule has 27 heavy (non-hydrogen) atoms. The summed E-state index contributed by atoms with van der Waals surface area (Å²) in [5.41, 5.74) is 1.10. The standard InChI is InChI=1S/C21H26N4O2/c1-13(20-24-19(25-27-20)17-2-4-22-5-3-17)23-18(26)12-21-9-14-6-15(10-21)8-16(7-14)11-21/h2-5,13-16H,6-12H2,1H3,(H,23,26)/t13-,14?,15?,16?,21?/m0/s1. The van der Waals surface area contributed by atoms with Gasteiger partial charge in [-0.2, -0.15) is 4.98 Å². The molecule has 6 heteroatoms. The van der Waals surface area contributed by atoms with Gasteiger partial charge in [0.15, 0.2) is 0 Å². The summed E-state index contributed by atoms with van der Waals surface area (Å²) >= 11 is 0. The van der Waals surface area contributed by atoms with Crippen molar-refractivity contribution in [1.82, 2.24) is 20.4 Å². The zero-order valence-corrected chi connectivity index (χ0v) is 15.7. The number of hydrogen-bond donors (Lipinski definition) is 1. The SMILES string of the molecule is C[C@H](NC(=O)CC12CC3CC(CC(C3)C1)C2)c1nc(-c2ccncc2)no1. The predicted molar refractivity (Wildman–Crippen MR) is 99.3 cm³/mol. The van der Waals surface area contributed by atoms with Crippen molar-refractivity contribution in [3.63, 3.8) is 0 Å². The minimum atomic E-state index is -0.283. The highest BCUT2D eigenvalue weighted by Gasteiger charge is 2.51. The molecule has 6 nitrogen and oxygen atoms in total. The van der Waals surface area contributed by atoms with Gasteiger partial charge in [0.2, 0.25) is 17.6 Å². The van der Waals surface area contributed by atoms with Crippen LogP contribution in [-0.4, -0.2) is 21.0 Å². The third kappa shape index (κ3) is 3.26. The van der Waals surface area contributed by atoms with Crippen molar-refractivity contribution in [2.75, 3.05) is 0 Å². The number of rotatable bonds is 5. The van der Waals surface area contributed by atoms with E-state index in [1.807, 2.05) is 19.1 Å². The number of aromatic nitrogens is 3. The highest BCUT2D eigenvalue weighted by molar-refractivity contribution is 5.77. The molecule has 0 aromatic carbocycles. The highest BCUT2D eigenvalue weighted by Crippen LogP contribution is 2.61. The Morgan fingerprint density at radius 2 is 1.81 bits per heavy atom. The molecule has 2 aromatic heterocycles. The predicted octanol–water partition coefficient (Wildman–Crippen LogP) is 3.92. The average Bonchev–Trinajstić information content (AvgIpc) is 3.11. The Bertz CT molecular complexity index is 796. The van der Waals surface area contributed by atoms with Gasteiger partial charge >= 0.3 is 0 Å². The Balaban J connectivity index is 1.23. The molecule has 6 rings (SSSR count). The minimum Gasteiger partial charge on any atom is -0.345 e. The van der Waals surface area contributed by atoms with E-state index >= 15 is 0 Å². The van der Waals surface area contributed by atoms with Crippen LogP contribution in [0.4, 0.5) is 0 Å². The number of nitrogens with one attached hydrogen (secondary N) is 1. The second-order valence-corrected chi connectivity index (χ2v) is 9.08. The molecule has 142 valence electrons. The van der Waals surface area contributed by atoms with Gasteiger partial charge in [0.1, 0.15) is 6.04 Å². The number of amides is 1. The van der Waals surface area contributed by atoms with Gasteiger partial charge in [-0.05, 0) is 80.8 Å². The van der Waals surface area contributed by atoms with E-state index in [1.54, 1.807) is 12.4 Å². The smallest absolute Gasteiger partial charge is 0.249 e. The zero-order chi connectivity index (χ0) is 18.4. The lowest BCUT2D eigenvalue weighted by Crippen LogP contribution is -2.48. The molecule has 2 aromatic rings. The molecule has 4 saturated carbocycles. The van der Waals surface area contributed by atoms with Crippen molar-refractivity contribution in [3.8, 4) is 11.4 Å². The van der Waals surface area contributed by atoms with Crippen LogP contribution in [0.1, 0.15) is 63.8 Å². The molecule has 0 saturated heterocycles. The number of pyridine rings is 1. The molecular weight excluding hydrogens is 340 g/mol. The van der Waals surface area contributed by atoms with Crippen LogP contribution in [0.3, 0.4) is 0 Å². The van der Waals surface area contributed by atoms with Gasteiger partial charge in [-0.1, -0.05) is 5.16 Å². The third-order valence-corrected chi connectivity index (χ3v) is 6.83. The van der Waals surface area contributed by atoms with Crippen LogP contribution >= 0.6 is 0 Å². The number of nitrogens with zero attached hydrogens (tertiary/aromatic N) is 3. The lowest BCUT2D eigenvalue weighted by Gasteiger charge is -2.56. The van der Waals surface area contributed by atoms with E-state index in [-0.39, 0.29) is 17.4 Å². The van der Waals surface area contributed by atoms with Gasteiger partial charge in [-0.25, -0.2) is 0 Å². The molecule has 4 aliphatic carbocycles. The normalized spacial score (nSPS) is 32.4. The van der Waals surface area contributed by atoms with Crippen LogP contribution in [0.2, 0.25) is 0 Å². The number of carbonyl (C=O) groups excluding carboxylic acids is 1. The van der Waals surface area contributed by atoms with Gasteiger partial charge < -0.3 is 9.84 Å². The summed E-state index contributed by atoms with van der Waals surface area (Å²) in [7, 11) is 0. The summed E-state index contributed by atoms with van der Waals surface area (Å²) in [6.45, 7) is 1.90. The van der Waals surface area contributed by atoms with Crippen molar-refractivity contribution in [3.05, 3.63) is 30.4 Å². The van der Waals surface area contributed by atoms with Gasteiger partial charge in [-0.3, -0.25) is 9.78 Å². The number of hydrogen-bond acceptors (Lipinski definition) is 5. The van der Waals surface area contributed by atoms with E-state index in [2.05, 4.69) is 20.4 Å². The molecule has 4 aliphatic rings. The fourth-order valence-corrected chi connectivity index (χ4v) is 6.23. The average molecular weight is 366 g/mol. The summed E-state index contributed by atoms with van der Waals surface area (Å²) in [4.78, 5) is 21.2. The second kappa shape index (κ2) is 6.43. The summed E-state index contributed by atoms with van der Waals surface area (Å²) in [6, 6.07) is 3.39. The van der Waals surface area contributed by atoms with Crippen LogP contribution < -0.4 is 5.32 Å². The maximum Gasteiger partial charge on any atom is 0.249 e. The molecule has 4 bridgehead atoms. The second-order valence-electron chi connectivity index (χ2n) is 9.08. The lowest BCUT2D eigenvalue weighted by molar-refractivity contribution is -0.130. The molecule has 1 amide bonds. The fraction of sp³-hybridized carbons (Fsp3) is 0.619. The topological polar surface area (TPSA) is 80.9 Å². The van der Waals surface area contributed by atoms with Crippen molar-refractivity contribution in [2.45, 2.75) is 57.9 Å². The maximum atomic E-state index is 12.8. The first-order valence-electron chi connectivity index (χ1n) is 10.1. The first kappa shape index (κ1) is 16.9. The molecule has 1 atom stereocenters. The Hall–Kier alpha value is -2.24. The molecule has 0 aliphatic heterocycles. The van der Waals surface area contributed by atoms with Gasteiger partial charge in [0, 0.05) is 24.4 Å². The Labute approximate surface area is 159 Å². The van der Waals surface area contributed by atoms with Crippen LogP contribution in [0.25, 0.3) is 11.4 Å². The molecule has 0 unspecified atom stereocenters. The third-order valence-electron chi connectivity index (χ3n) is 6.83. The van der Waals surface area contributed by atoms with Crippen LogP contribution in [0.5, 0.6) is 0 Å². The summed E-state index contributed by atoms with van der Waals surface area (Å²) in [5, 5.41) is 7.12. The van der Waals surface area contributed by atoms with E-state index in [9.17, 15) is 4.79 Å². The van der Waals surface area contributed by atoms with Gasteiger partial charge in [0.25, 0.3) is 0 Å². The largest absolute Gasteiger partial charge is 0.345 e. The van der Waals surface area contributed by atoms with Crippen molar-refractivity contribution in [1.29, 1.82) is 0 Å². The molecule has 4 fully saturated rings. The van der Waals surface area contributed by atoms with E-state index in [1.165, 1.54) is 38.5 Å². The Kier molecular flexibility index (Phi) is 4.02. The van der Waals surface area contributed by atoms with Crippen LogP contribution in [0, 0.1) is 23.2 Å². The quantitative estimate of drug-likeness (QED) is 0.867. The Morgan fingerprint density at radius 3 is 2.44 bits per heavy atom. The zero-order valence-electron chi connectivity index (χ0n) is 15.7. The summed E-state index contributed by atoms with van der Waals surface area (Å²) in [5.74, 6) is 3.67. The molecule has 2 heterocycles. The van der Waals surface area contributed by atoms with Crippen molar-refractivity contribution in [2.24, 2.45) is 23.2 Å². The van der Waals surface area contributed by atoms with Crippen LogP contribution in [-0.2, 0) is 4.79 Å². The first-order chi connectivity index (χ1) is 13.1. The molecule has 1 N–H and O–H groups in total. The maximum absolute atomic E-state index is 12.8. The number of carbonyl (C=O) groups is 1. The molecular formula is C21H26N4O2. The fourth-order valence-electron chi connectivity index (χ4n) is 6.23. The highest BCUT2D eigenvalue weighted by atomic mass is 16.5. The summed E-state index contributed by atoms with van der Waals surface area (Å²) < 4.78 is 5.38. The van der Waals surface area contributed by atoms with Gasteiger partial charge in [-0.15, -0.1) is 0 Å². The van der Waals surface area contributed by atoms with Gasteiger partial charge in [0.05, 0.1) is 0 Å². The van der Waals surface area contributed by atoms with Crippen molar-refractivity contribution < 1.29 is 9.32 Å². The van der Waals surface area contributed by atoms with E-state index < -0.39 is 0 Å². The summed E-state index contributed by atoms with van der Waals surface area (Å²) in [6.07, 6.45) is 12.0. The lowest BCUT2D eigenvalue weighted by atomic mass is 9.49. The Morgan fingerprint density at radius 1 is 1.19 bits per heavy atom. The monoisotopic (exact) mass is 366 g/mol. The van der Waals surface area contributed by atoms with E-state index in [0.717, 1.165) is 23.3 Å². The van der Waals surface area contributed by atoms with Crippen LogP contribution in [0.15, 0.2) is 29.0 Å². The van der Waals surface area contributed by atoms with Crippen molar-refractivity contribution >= 4 is 5.91 Å². The van der Waals surface area contributed by atoms with E-state index in [4.69, 9.17) is 4.52 Å². The first-order valence-corrected chi connectivity index (χ1v) is 10.1.